The van der Waals surface area contributed by atoms with Gasteiger partial charge < -0.3 is 15.6 Å². The lowest BCUT2D eigenvalue weighted by Gasteiger charge is -2.11. The van der Waals surface area contributed by atoms with Gasteiger partial charge in [0.15, 0.2) is 0 Å². The van der Waals surface area contributed by atoms with Crippen LogP contribution in [-0.4, -0.2) is 50.4 Å². The van der Waals surface area contributed by atoms with Gasteiger partial charge in [0, 0.05) is 35.7 Å². The van der Waals surface area contributed by atoms with E-state index in [1.54, 1.807) is 0 Å². The number of hydrogen-bond donors (Lipinski definition) is 2. The molecule has 0 aromatic carbocycles. The number of aromatic nitrogens is 2. The minimum Gasteiger partial charge on any atom is -0.391 e. The van der Waals surface area contributed by atoms with Crippen molar-refractivity contribution in [2.75, 3.05) is 12.3 Å². The highest BCUT2D eigenvalue weighted by atomic mass is 24.3. The Labute approximate surface area is 102 Å². The molecule has 0 aliphatic carbocycles. The molecule has 0 bridgehead atoms. The quantitative estimate of drug-likeness (QED) is 0.577. The van der Waals surface area contributed by atoms with Crippen molar-refractivity contribution < 1.29 is 9.84 Å². The topological polar surface area (TPSA) is 90.4 Å². The first-order valence-corrected chi connectivity index (χ1v) is 4.31. The van der Waals surface area contributed by atoms with Crippen molar-refractivity contribution in [1.29, 1.82) is 0 Å². The third-order valence-electron chi connectivity index (χ3n) is 2.12. The van der Waals surface area contributed by atoms with Gasteiger partial charge in [0.25, 0.3) is 0 Å². The molecule has 0 saturated carbocycles. The second-order valence-corrected chi connectivity index (χ2v) is 3.22. The SMILES string of the molecule is Nc1ccn([C@H]2C[C@H](O)CO2)c(=O)n1.[Mg]. The lowest BCUT2D eigenvalue weighted by Crippen LogP contribution is -2.26. The number of ether oxygens (including phenoxy) is 1. The molecule has 1 aliphatic rings. The summed E-state index contributed by atoms with van der Waals surface area (Å²) in [5.41, 5.74) is 4.88. The van der Waals surface area contributed by atoms with Gasteiger partial charge in [0.2, 0.25) is 0 Å². The first kappa shape index (κ1) is 12.4. The third kappa shape index (κ3) is 2.68. The van der Waals surface area contributed by atoms with E-state index in [1.165, 1.54) is 16.8 Å². The highest BCUT2D eigenvalue weighted by Gasteiger charge is 2.25. The summed E-state index contributed by atoms with van der Waals surface area (Å²) in [4.78, 5) is 14.9. The molecule has 7 heteroatoms. The molecule has 0 unspecified atom stereocenters. The molecule has 2 radical (unpaired) electrons. The second-order valence-electron chi connectivity index (χ2n) is 3.22. The minimum absolute atomic E-state index is 0. The molecule has 1 aliphatic heterocycles. The largest absolute Gasteiger partial charge is 0.391 e. The molecule has 0 spiro atoms. The molecule has 78 valence electrons. The number of anilines is 1. The van der Waals surface area contributed by atoms with Crippen LogP contribution < -0.4 is 11.4 Å². The van der Waals surface area contributed by atoms with Gasteiger partial charge in [-0.1, -0.05) is 0 Å². The predicted octanol–water partition coefficient (Wildman–Crippen LogP) is -1.28. The van der Waals surface area contributed by atoms with E-state index in [9.17, 15) is 9.90 Å². The van der Waals surface area contributed by atoms with E-state index in [4.69, 9.17) is 10.5 Å². The second kappa shape index (κ2) is 4.93. The van der Waals surface area contributed by atoms with E-state index in [-0.39, 0.29) is 35.5 Å². The van der Waals surface area contributed by atoms with Gasteiger partial charge in [0.1, 0.15) is 12.0 Å². The standard InChI is InChI=1S/C8H11N3O3.Mg/c9-6-1-2-11(8(13)10-6)7-3-5(12)4-14-7;/h1-2,5,7,12H,3-4H2,(H2,9,10,13);/t5-,7+;/m0./s1. The Morgan fingerprint density at radius 3 is 2.93 bits per heavy atom. The number of aliphatic hydroxyl groups excluding tert-OH is 1. The molecule has 6 nitrogen and oxygen atoms in total. The van der Waals surface area contributed by atoms with Crippen molar-refractivity contribution in [3.8, 4) is 0 Å². The fourth-order valence-corrected chi connectivity index (χ4v) is 1.43. The molecule has 0 amide bonds. The normalized spacial score (nSPS) is 24.9. The predicted molar refractivity (Wildman–Crippen MR) is 54.3 cm³/mol. The Kier molecular flexibility index (Phi) is 4.09. The number of nitrogens with two attached hydrogens (primary N) is 1. The maximum Gasteiger partial charge on any atom is 0.351 e. The van der Waals surface area contributed by atoms with E-state index in [0.717, 1.165) is 0 Å². The summed E-state index contributed by atoms with van der Waals surface area (Å²) in [6, 6.07) is 1.52. The maximum absolute atomic E-state index is 11.3. The fraction of sp³-hybridized carbons (Fsp3) is 0.500. The number of nitrogens with zero attached hydrogens (tertiary/aromatic N) is 2. The average Bonchev–Trinajstić information content (AvgIpc) is 2.51. The summed E-state index contributed by atoms with van der Waals surface area (Å²) in [6.45, 7) is 0.251. The summed E-state index contributed by atoms with van der Waals surface area (Å²) in [7, 11) is 0. The summed E-state index contributed by atoms with van der Waals surface area (Å²) >= 11 is 0. The molecule has 2 atom stereocenters. The molecule has 1 aromatic heterocycles. The van der Waals surface area contributed by atoms with Gasteiger partial charge in [0.05, 0.1) is 12.7 Å². The van der Waals surface area contributed by atoms with Gasteiger partial charge in [-0.15, -0.1) is 0 Å². The van der Waals surface area contributed by atoms with Crippen LogP contribution in [0.1, 0.15) is 12.6 Å². The number of aliphatic hydroxyl groups is 1. The van der Waals surface area contributed by atoms with Crippen LogP contribution in [0.4, 0.5) is 5.82 Å². The van der Waals surface area contributed by atoms with Crippen molar-refractivity contribution >= 4 is 28.9 Å². The number of rotatable bonds is 1. The molecular formula is C8H11MgN3O3. The van der Waals surface area contributed by atoms with E-state index in [1.807, 2.05) is 0 Å². The average molecular weight is 221 g/mol. The van der Waals surface area contributed by atoms with Crippen LogP contribution in [0, 0.1) is 0 Å². The maximum atomic E-state index is 11.3. The Bertz CT molecular complexity index is 395. The Hall–Kier alpha value is -0.634. The Balaban J connectivity index is 0.00000112. The number of hydrogen-bond acceptors (Lipinski definition) is 5. The van der Waals surface area contributed by atoms with Gasteiger partial charge in [-0.3, -0.25) is 4.57 Å². The minimum atomic E-state index is -0.510. The van der Waals surface area contributed by atoms with Crippen LogP contribution in [-0.2, 0) is 4.74 Å². The summed E-state index contributed by atoms with van der Waals surface area (Å²) in [6.07, 6.45) is 0.994. The van der Waals surface area contributed by atoms with E-state index in [2.05, 4.69) is 4.98 Å². The lowest BCUT2D eigenvalue weighted by molar-refractivity contribution is 0.0448. The summed E-state index contributed by atoms with van der Waals surface area (Å²) in [5, 5.41) is 9.22. The van der Waals surface area contributed by atoms with Crippen LogP contribution in [0.15, 0.2) is 17.1 Å². The van der Waals surface area contributed by atoms with Crippen molar-refractivity contribution in [3.63, 3.8) is 0 Å². The smallest absolute Gasteiger partial charge is 0.351 e. The van der Waals surface area contributed by atoms with Crippen LogP contribution in [0.3, 0.4) is 0 Å². The molecule has 15 heavy (non-hydrogen) atoms. The zero-order chi connectivity index (χ0) is 10.1. The van der Waals surface area contributed by atoms with Crippen molar-refractivity contribution in [1.82, 2.24) is 9.55 Å². The molecular weight excluding hydrogens is 210 g/mol. The monoisotopic (exact) mass is 221 g/mol. The van der Waals surface area contributed by atoms with E-state index < -0.39 is 18.0 Å². The zero-order valence-corrected chi connectivity index (χ0v) is 9.58. The van der Waals surface area contributed by atoms with Gasteiger partial charge in [-0.25, -0.2) is 4.79 Å². The van der Waals surface area contributed by atoms with Gasteiger partial charge >= 0.3 is 5.69 Å². The molecule has 1 fully saturated rings. The highest BCUT2D eigenvalue weighted by molar-refractivity contribution is 5.75. The van der Waals surface area contributed by atoms with Crippen molar-refractivity contribution in [3.05, 3.63) is 22.7 Å². The summed E-state index contributed by atoms with van der Waals surface area (Å²) < 4.78 is 6.53. The molecule has 1 aromatic rings. The molecule has 2 heterocycles. The molecule has 3 N–H and O–H groups in total. The first-order chi connectivity index (χ1) is 6.66. The van der Waals surface area contributed by atoms with Gasteiger partial charge in [-0.2, -0.15) is 4.98 Å². The lowest BCUT2D eigenvalue weighted by atomic mass is 10.3. The van der Waals surface area contributed by atoms with E-state index >= 15 is 0 Å². The molecule has 2 rings (SSSR count). The van der Waals surface area contributed by atoms with Crippen LogP contribution in [0.5, 0.6) is 0 Å². The Morgan fingerprint density at radius 2 is 2.40 bits per heavy atom. The zero-order valence-electron chi connectivity index (χ0n) is 8.17. The van der Waals surface area contributed by atoms with Crippen LogP contribution in [0.25, 0.3) is 0 Å². The Morgan fingerprint density at radius 1 is 1.67 bits per heavy atom. The first-order valence-electron chi connectivity index (χ1n) is 4.31. The van der Waals surface area contributed by atoms with Crippen LogP contribution >= 0.6 is 0 Å². The number of nitrogen functional groups attached to an aromatic ring is 1. The van der Waals surface area contributed by atoms with Crippen molar-refractivity contribution in [2.45, 2.75) is 18.8 Å². The van der Waals surface area contributed by atoms with E-state index in [0.29, 0.717) is 6.42 Å². The molecule has 1 saturated heterocycles. The fourth-order valence-electron chi connectivity index (χ4n) is 1.43. The highest BCUT2D eigenvalue weighted by Crippen LogP contribution is 2.21. The van der Waals surface area contributed by atoms with Crippen LogP contribution in [0.2, 0.25) is 0 Å². The van der Waals surface area contributed by atoms with Crippen molar-refractivity contribution in [2.24, 2.45) is 0 Å². The third-order valence-corrected chi connectivity index (χ3v) is 2.12. The van der Waals surface area contributed by atoms with Gasteiger partial charge in [-0.05, 0) is 6.07 Å². The summed E-state index contributed by atoms with van der Waals surface area (Å²) in [5.74, 6) is 0.185.